The summed E-state index contributed by atoms with van der Waals surface area (Å²) in [5.74, 6) is 0.678. The van der Waals surface area contributed by atoms with Gasteiger partial charge in [0.1, 0.15) is 5.82 Å². The molecular weight excluding hydrogens is 272 g/mol. The van der Waals surface area contributed by atoms with Crippen LogP contribution in [0.1, 0.15) is 5.69 Å². The second kappa shape index (κ2) is 6.38. The molecule has 0 aliphatic rings. The van der Waals surface area contributed by atoms with E-state index < -0.39 is 0 Å². The Labute approximate surface area is 122 Å². The number of hydrogen-bond donors (Lipinski definition) is 1. The molecule has 0 atom stereocenters. The summed E-state index contributed by atoms with van der Waals surface area (Å²) < 4.78 is 0. The molecule has 0 radical (unpaired) electrons. The smallest absolute Gasteiger partial charge is 0.288 e. The van der Waals surface area contributed by atoms with Gasteiger partial charge in [0.2, 0.25) is 0 Å². The number of rotatable bonds is 3. The molecule has 1 heterocycles. The maximum atomic E-state index is 11.7. The summed E-state index contributed by atoms with van der Waals surface area (Å²) in [7, 11) is 3.41. The minimum Gasteiger partial charge on any atom is -0.340 e. The van der Waals surface area contributed by atoms with Crippen molar-refractivity contribution in [2.24, 2.45) is 0 Å². The molecule has 5 nitrogen and oxygen atoms in total. The number of carbonyl (C=O) groups is 1. The molecule has 0 unspecified atom stereocenters. The molecule has 20 heavy (non-hydrogen) atoms. The number of nitrogens with zero attached hydrogens (tertiary/aromatic N) is 3. The average Bonchev–Trinajstić information content (AvgIpc) is 2.39. The Morgan fingerprint density at radius 1 is 1.20 bits per heavy atom. The molecule has 0 saturated carbocycles. The van der Waals surface area contributed by atoms with Gasteiger partial charge in [0.15, 0.2) is 5.16 Å². The Balaban J connectivity index is 2.18. The van der Waals surface area contributed by atoms with Gasteiger partial charge in [0.05, 0.1) is 0 Å². The highest BCUT2D eigenvalue weighted by molar-refractivity contribution is 8.13. The van der Waals surface area contributed by atoms with E-state index in [9.17, 15) is 4.79 Å². The normalized spacial score (nSPS) is 10.2. The van der Waals surface area contributed by atoms with Gasteiger partial charge in [0.25, 0.3) is 5.24 Å². The zero-order valence-electron chi connectivity index (χ0n) is 11.6. The summed E-state index contributed by atoms with van der Waals surface area (Å²) in [4.78, 5) is 21.8. The third-order valence-electron chi connectivity index (χ3n) is 2.42. The fourth-order valence-corrected chi connectivity index (χ4v) is 2.16. The lowest BCUT2D eigenvalue weighted by atomic mass is 10.3. The van der Waals surface area contributed by atoms with Gasteiger partial charge >= 0.3 is 0 Å². The van der Waals surface area contributed by atoms with Crippen LogP contribution in [0, 0.1) is 6.92 Å². The summed E-state index contributed by atoms with van der Waals surface area (Å²) in [6.07, 6.45) is 0. The maximum absolute atomic E-state index is 11.7. The Kier molecular flexibility index (Phi) is 4.57. The first-order valence-corrected chi connectivity index (χ1v) is 6.93. The van der Waals surface area contributed by atoms with Crippen LogP contribution >= 0.6 is 11.8 Å². The van der Waals surface area contributed by atoms with E-state index in [0.717, 1.165) is 23.1 Å². The van der Waals surface area contributed by atoms with Crippen molar-refractivity contribution in [3.63, 3.8) is 0 Å². The summed E-state index contributed by atoms with van der Waals surface area (Å²) in [5, 5.41) is 3.55. The molecule has 6 heteroatoms. The number of nitrogens with one attached hydrogen (secondary N) is 1. The third kappa shape index (κ3) is 3.96. The first-order chi connectivity index (χ1) is 9.54. The van der Waals surface area contributed by atoms with Crippen LogP contribution in [0.2, 0.25) is 0 Å². The van der Waals surface area contributed by atoms with Crippen molar-refractivity contribution in [3.05, 3.63) is 42.1 Å². The molecule has 2 aromatic rings. The molecule has 1 N–H and O–H groups in total. The summed E-state index contributed by atoms with van der Waals surface area (Å²) in [6, 6.07) is 11.6. The van der Waals surface area contributed by atoms with Crippen molar-refractivity contribution in [2.45, 2.75) is 12.1 Å². The van der Waals surface area contributed by atoms with Crippen molar-refractivity contribution in [2.75, 3.05) is 19.4 Å². The minimum atomic E-state index is -0.0961. The molecule has 0 saturated heterocycles. The highest BCUT2D eigenvalue weighted by atomic mass is 32.2. The van der Waals surface area contributed by atoms with Crippen LogP contribution in [-0.4, -0.2) is 34.2 Å². The van der Waals surface area contributed by atoms with Gasteiger partial charge in [-0.1, -0.05) is 18.2 Å². The molecule has 1 amide bonds. The first-order valence-electron chi connectivity index (χ1n) is 6.11. The molecule has 104 valence electrons. The van der Waals surface area contributed by atoms with E-state index in [1.165, 1.54) is 4.90 Å². The maximum Gasteiger partial charge on any atom is 0.288 e. The van der Waals surface area contributed by atoms with Crippen LogP contribution < -0.4 is 5.32 Å². The molecule has 1 aromatic heterocycles. The van der Waals surface area contributed by atoms with Crippen LogP contribution in [0.3, 0.4) is 0 Å². The lowest BCUT2D eigenvalue weighted by molar-refractivity contribution is 0.241. The molecule has 0 spiro atoms. The Bertz CT molecular complexity index is 601. The van der Waals surface area contributed by atoms with Gasteiger partial charge < -0.3 is 10.2 Å². The number of amides is 1. The second-order valence-corrected chi connectivity index (χ2v) is 5.35. The molecular formula is C14H16N4OS. The number of carbonyl (C=O) groups excluding carboxylic acids is 1. The largest absolute Gasteiger partial charge is 0.340 e. The van der Waals surface area contributed by atoms with Crippen molar-refractivity contribution < 1.29 is 4.79 Å². The summed E-state index contributed by atoms with van der Waals surface area (Å²) in [6.45, 7) is 1.88. The van der Waals surface area contributed by atoms with Crippen molar-refractivity contribution in [3.8, 4) is 0 Å². The van der Waals surface area contributed by atoms with E-state index in [4.69, 9.17) is 0 Å². The van der Waals surface area contributed by atoms with Gasteiger partial charge in [-0.3, -0.25) is 4.79 Å². The number of aromatic nitrogens is 2. The van der Waals surface area contributed by atoms with E-state index in [2.05, 4.69) is 15.3 Å². The molecule has 0 fully saturated rings. The predicted octanol–water partition coefficient (Wildman–Crippen LogP) is 3.30. The lowest BCUT2D eigenvalue weighted by Gasteiger charge is -2.10. The zero-order valence-corrected chi connectivity index (χ0v) is 12.4. The van der Waals surface area contributed by atoms with Gasteiger partial charge in [-0.25, -0.2) is 9.97 Å². The number of thioether (sulfide) groups is 1. The number of hydrogen-bond acceptors (Lipinski definition) is 5. The molecule has 0 aliphatic carbocycles. The Hall–Kier alpha value is -2.08. The SMILES string of the molecule is Cc1cc(Nc2ccccc2)nc(SC(=O)N(C)C)n1. The van der Waals surface area contributed by atoms with Crippen molar-refractivity contribution in [1.82, 2.24) is 14.9 Å². The van der Waals surface area contributed by atoms with Crippen molar-refractivity contribution >= 4 is 28.5 Å². The topological polar surface area (TPSA) is 58.1 Å². The standard InChI is InChI=1S/C14H16N4OS/c1-10-9-12(16-11-7-5-4-6-8-11)17-13(15-10)20-14(19)18(2)3/h4-9H,1-3H3,(H,15,16,17). The number of benzene rings is 1. The first kappa shape index (κ1) is 14.3. The van der Waals surface area contributed by atoms with Gasteiger partial charge in [-0.15, -0.1) is 0 Å². The lowest BCUT2D eigenvalue weighted by Crippen LogP contribution is -2.16. The quantitative estimate of drug-likeness (QED) is 0.693. The number of para-hydroxylation sites is 1. The molecule has 2 rings (SSSR count). The van der Waals surface area contributed by atoms with Crippen LogP contribution in [0.4, 0.5) is 16.3 Å². The zero-order chi connectivity index (χ0) is 14.5. The summed E-state index contributed by atoms with van der Waals surface area (Å²) in [5.41, 5.74) is 1.76. The van der Waals surface area contributed by atoms with E-state index in [-0.39, 0.29) is 5.24 Å². The second-order valence-electron chi connectivity index (χ2n) is 4.43. The average molecular weight is 288 g/mol. The number of anilines is 2. The third-order valence-corrected chi connectivity index (χ3v) is 3.33. The molecule has 0 aliphatic heterocycles. The van der Waals surface area contributed by atoms with Crippen LogP contribution in [0.25, 0.3) is 0 Å². The Morgan fingerprint density at radius 3 is 2.55 bits per heavy atom. The van der Waals surface area contributed by atoms with Gasteiger partial charge in [-0.05, 0) is 19.1 Å². The van der Waals surface area contributed by atoms with Crippen LogP contribution in [0.5, 0.6) is 0 Å². The predicted molar refractivity (Wildman–Crippen MR) is 81.4 cm³/mol. The van der Waals surface area contributed by atoms with E-state index in [1.54, 1.807) is 14.1 Å². The van der Waals surface area contributed by atoms with Crippen molar-refractivity contribution in [1.29, 1.82) is 0 Å². The van der Waals surface area contributed by atoms with Crippen LogP contribution in [-0.2, 0) is 0 Å². The summed E-state index contributed by atoms with van der Waals surface area (Å²) >= 11 is 1.02. The van der Waals surface area contributed by atoms with Crippen LogP contribution in [0.15, 0.2) is 41.6 Å². The fourth-order valence-electron chi connectivity index (χ4n) is 1.49. The Morgan fingerprint density at radius 2 is 1.90 bits per heavy atom. The van der Waals surface area contributed by atoms with E-state index >= 15 is 0 Å². The van der Waals surface area contributed by atoms with E-state index in [0.29, 0.717) is 11.0 Å². The monoisotopic (exact) mass is 288 g/mol. The number of aryl methyl sites for hydroxylation is 1. The minimum absolute atomic E-state index is 0.0961. The highest BCUT2D eigenvalue weighted by Gasteiger charge is 2.11. The van der Waals surface area contributed by atoms with E-state index in [1.807, 2.05) is 43.3 Å². The van der Waals surface area contributed by atoms with Gasteiger partial charge in [-0.2, -0.15) is 0 Å². The molecule has 1 aromatic carbocycles. The van der Waals surface area contributed by atoms with Gasteiger partial charge in [0, 0.05) is 43.3 Å². The highest BCUT2D eigenvalue weighted by Crippen LogP contribution is 2.21. The fraction of sp³-hybridized carbons (Fsp3) is 0.214. The molecule has 0 bridgehead atoms.